The lowest BCUT2D eigenvalue weighted by Gasteiger charge is -2.28. The van der Waals surface area contributed by atoms with Crippen molar-refractivity contribution >= 4 is 23.4 Å². The Labute approximate surface area is 129 Å². The molecule has 2 aliphatic rings. The molecule has 5 heteroatoms. The molecule has 112 valence electrons. The van der Waals surface area contributed by atoms with E-state index in [9.17, 15) is 9.59 Å². The molecule has 1 aromatic rings. The summed E-state index contributed by atoms with van der Waals surface area (Å²) in [5.74, 6) is 0.190. The highest BCUT2D eigenvalue weighted by atomic mass is 35.5. The van der Waals surface area contributed by atoms with Crippen LogP contribution in [-0.2, 0) is 16.1 Å². The number of hydrogen-bond acceptors (Lipinski definition) is 2. The third kappa shape index (κ3) is 3.05. The van der Waals surface area contributed by atoms with Gasteiger partial charge in [0.05, 0.1) is 0 Å². The quantitative estimate of drug-likeness (QED) is 0.860. The van der Waals surface area contributed by atoms with E-state index in [1.165, 1.54) is 0 Å². The van der Waals surface area contributed by atoms with Crippen molar-refractivity contribution in [3.63, 3.8) is 0 Å². The summed E-state index contributed by atoms with van der Waals surface area (Å²) >= 11 is 5.88. The molecule has 2 heterocycles. The second kappa shape index (κ2) is 6.06. The van der Waals surface area contributed by atoms with E-state index >= 15 is 0 Å². The molecule has 1 unspecified atom stereocenters. The lowest BCUT2D eigenvalue weighted by Crippen LogP contribution is -2.45. The molecule has 2 aliphatic heterocycles. The van der Waals surface area contributed by atoms with Crippen molar-refractivity contribution in [1.82, 2.24) is 9.80 Å². The predicted octanol–water partition coefficient (Wildman–Crippen LogP) is 2.45. The minimum atomic E-state index is -0.286. The number of likely N-dealkylation sites (tertiary alicyclic amines) is 2. The second-order valence-electron chi connectivity index (χ2n) is 5.73. The van der Waals surface area contributed by atoms with Crippen LogP contribution < -0.4 is 0 Å². The van der Waals surface area contributed by atoms with Crippen molar-refractivity contribution in [2.24, 2.45) is 0 Å². The van der Waals surface area contributed by atoms with E-state index in [4.69, 9.17) is 11.6 Å². The first kappa shape index (κ1) is 14.4. The van der Waals surface area contributed by atoms with Crippen LogP contribution in [0.15, 0.2) is 24.3 Å². The molecule has 0 aliphatic carbocycles. The van der Waals surface area contributed by atoms with Crippen molar-refractivity contribution < 1.29 is 9.59 Å². The summed E-state index contributed by atoms with van der Waals surface area (Å²) in [6.07, 6.45) is 3.26. The number of rotatable bonds is 3. The van der Waals surface area contributed by atoms with Gasteiger partial charge in [-0.15, -0.1) is 0 Å². The van der Waals surface area contributed by atoms with Gasteiger partial charge in [0.15, 0.2) is 0 Å². The first-order valence-electron chi connectivity index (χ1n) is 7.48. The van der Waals surface area contributed by atoms with Crippen molar-refractivity contribution in [3.05, 3.63) is 34.9 Å². The number of nitrogens with zero attached hydrogens (tertiary/aromatic N) is 2. The van der Waals surface area contributed by atoms with Gasteiger partial charge in [0.2, 0.25) is 11.8 Å². The maximum atomic E-state index is 12.6. The van der Waals surface area contributed by atoms with Crippen molar-refractivity contribution in [2.75, 3.05) is 13.1 Å². The summed E-state index contributed by atoms with van der Waals surface area (Å²) in [5, 5.41) is 0.677. The first-order chi connectivity index (χ1) is 10.1. The molecule has 0 N–H and O–H groups in total. The molecule has 0 aromatic heterocycles. The summed E-state index contributed by atoms with van der Waals surface area (Å²) in [6, 6.07) is 7.16. The Morgan fingerprint density at radius 3 is 2.52 bits per heavy atom. The SMILES string of the molecule is O=C(C1CCC(=O)N1Cc1ccc(Cl)cc1)N1CCCC1. The minimum absolute atomic E-state index is 0.0718. The molecule has 2 fully saturated rings. The Morgan fingerprint density at radius 1 is 1.19 bits per heavy atom. The average molecular weight is 307 g/mol. The van der Waals surface area contributed by atoms with Gasteiger partial charge in [0.25, 0.3) is 0 Å². The summed E-state index contributed by atoms with van der Waals surface area (Å²) in [6.45, 7) is 2.15. The van der Waals surface area contributed by atoms with Gasteiger partial charge in [-0.3, -0.25) is 9.59 Å². The van der Waals surface area contributed by atoms with Gasteiger partial charge in [-0.05, 0) is 37.0 Å². The Balaban J connectivity index is 1.73. The molecule has 0 radical (unpaired) electrons. The number of hydrogen-bond donors (Lipinski definition) is 0. The molecule has 0 saturated carbocycles. The van der Waals surface area contributed by atoms with Gasteiger partial charge in [0, 0.05) is 31.1 Å². The fourth-order valence-corrected chi connectivity index (χ4v) is 3.25. The Bertz CT molecular complexity index is 538. The van der Waals surface area contributed by atoms with Gasteiger partial charge < -0.3 is 9.80 Å². The van der Waals surface area contributed by atoms with E-state index in [1.54, 1.807) is 4.90 Å². The zero-order valence-electron chi connectivity index (χ0n) is 11.9. The van der Waals surface area contributed by atoms with Crippen LogP contribution in [0.2, 0.25) is 5.02 Å². The normalized spacial score (nSPS) is 22.1. The molecular weight excluding hydrogens is 288 g/mol. The minimum Gasteiger partial charge on any atom is -0.341 e. The summed E-state index contributed by atoms with van der Waals surface area (Å²) in [5.41, 5.74) is 1.01. The fraction of sp³-hybridized carbons (Fsp3) is 0.500. The van der Waals surface area contributed by atoms with Gasteiger partial charge in [-0.25, -0.2) is 0 Å². The highest BCUT2D eigenvalue weighted by molar-refractivity contribution is 6.30. The lowest BCUT2D eigenvalue weighted by atomic mass is 10.1. The molecule has 1 aromatic carbocycles. The number of carbonyl (C=O) groups excluding carboxylic acids is 2. The van der Waals surface area contributed by atoms with Crippen LogP contribution in [0.4, 0.5) is 0 Å². The van der Waals surface area contributed by atoms with Crippen LogP contribution in [-0.4, -0.2) is 40.7 Å². The van der Waals surface area contributed by atoms with E-state index in [1.807, 2.05) is 29.2 Å². The molecule has 2 amide bonds. The molecular formula is C16H19ClN2O2. The van der Waals surface area contributed by atoms with E-state index in [0.29, 0.717) is 24.4 Å². The molecule has 2 saturated heterocycles. The third-order valence-electron chi connectivity index (χ3n) is 4.30. The summed E-state index contributed by atoms with van der Waals surface area (Å²) in [4.78, 5) is 28.3. The maximum absolute atomic E-state index is 12.6. The lowest BCUT2D eigenvalue weighted by molar-refractivity contribution is -0.141. The highest BCUT2D eigenvalue weighted by Crippen LogP contribution is 2.25. The standard InChI is InChI=1S/C16H19ClN2O2/c17-13-5-3-12(4-6-13)11-19-14(7-8-15(19)20)16(21)18-9-1-2-10-18/h3-6,14H,1-2,7-11H2. The van der Waals surface area contributed by atoms with E-state index in [-0.39, 0.29) is 17.9 Å². The van der Waals surface area contributed by atoms with Crippen molar-refractivity contribution in [1.29, 1.82) is 0 Å². The van der Waals surface area contributed by atoms with Crippen LogP contribution >= 0.6 is 11.6 Å². The van der Waals surface area contributed by atoms with Gasteiger partial charge in [0.1, 0.15) is 6.04 Å². The molecule has 0 spiro atoms. The highest BCUT2D eigenvalue weighted by Gasteiger charge is 2.38. The first-order valence-corrected chi connectivity index (χ1v) is 7.85. The topological polar surface area (TPSA) is 40.6 Å². The summed E-state index contributed by atoms with van der Waals surface area (Å²) in [7, 11) is 0. The van der Waals surface area contributed by atoms with Crippen LogP contribution in [0.25, 0.3) is 0 Å². The number of amides is 2. The number of benzene rings is 1. The Morgan fingerprint density at radius 2 is 1.86 bits per heavy atom. The third-order valence-corrected chi connectivity index (χ3v) is 4.55. The van der Waals surface area contributed by atoms with Crippen LogP contribution in [0.3, 0.4) is 0 Å². The number of carbonyl (C=O) groups is 2. The van der Waals surface area contributed by atoms with Crippen LogP contribution in [0, 0.1) is 0 Å². The van der Waals surface area contributed by atoms with Gasteiger partial charge in [-0.2, -0.15) is 0 Å². The molecule has 0 bridgehead atoms. The van der Waals surface area contributed by atoms with E-state index in [2.05, 4.69) is 0 Å². The summed E-state index contributed by atoms with van der Waals surface area (Å²) < 4.78 is 0. The second-order valence-corrected chi connectivity index (χ2v) is 6.17. The zero-order valence-corrected chi connectivity index (χ0v) is 12.7. The Kier molecular flexibility index (Phi) is 4.15. The monoisotopic (exact) mass is 306 g/mol. The van der Waals surface area contributed by atoms with Crippen LogP contribution in [0.5, 0.6) is 0 Å². The Hall–Kier alpha value is -1.55. The average Bonchev–Trinajstić information content (AvgIpc) is 3.12. The molecule has 21 heavy (non-hydrogen) atoms. The zero-order chi connectivity index (χ0) is 14.8. The predicted molar refractivity (Wildman–Crippen MR) is 80.8 cm³/mol. The molecule has 4 nitrogen and oxygen atoms in total. The fourth-order valence-electron chi connectivity index (χ4n) is 3.12. The van der Waals surface area contributed by atoms with Crippen molar-refractivity contribution in [2.45, 2.75) is 38.3 Å². The maximum Gasteiger partial charge on any atom is 0.245 e. The van der Waals surface area contributed by atoms with E-state index < -0.39 is 0 Å². The molecule has 3 rings (SSSR count). The number of halogens is 1. The van der Waals surface area contributed by atoms with Crippen molar-refractivity contribution in [3.8, 4) is 0 Å². The van der Waals surface area contributed by atoms with Gasteiger partial charge >= 0.3 is 0 Å². The van der Waals surface area contributed by atoms with Gasteiger partial charge in [-0.1, -0.05) is 23.7 Å². The largest absolute Gasteiger partial charge is 0.341 e. The molecule has 1 atom stereocenters. The van der Waals surface area contributed by atoms with Crippen LogP contribution in [0.1, 0.15) is 31.2 Å². The smallest absolute Gasteiger partial charge is 0.245 e. The van der Waals surface area contributed by atoms with E-state index in [0.717, 1.165) is 31.5 Å².